The van der Waals surface area contributed by atoms with Gasteiger partial charge in [0.05, 0.1) is 21.8 Å². The lowest BCUT2D eigenvalue weighted by atomic mass is 9.93. The molecule has 1 saturated heterocycles. The van der Waals surface area contributed by atoms with Crippen molar-refractivity contribution in [2.75, 3.05) is 32.7 Å². The van der Waals surface area contributed by atoms with E-state index in [0.29, 0.717) is 42.8 Å². The predicted molar refractivity (Wildman–Crippen MR) is 129 cm³/mol. The Morgan fingerprint density at radius 1 is 1.12 bits per heavy atom. The fourth-order valence-electron chi connectivity index (χ4n) is 4.67. The lowest BCUT2D eigenvalue weighted by molar-refractivity contribution is 0.0539. The van der Waals surface area contributed by atoms with Gasteiger partial charge >= 0.3 is 0 Å². The number of carbonyl (C=O) groups excluding carboxylic acids is 1. The highest BCUT2D eigenvalue weighted by Crippen LogP contribution is 2.36. The van der Waals surface area contributed by atoms with Gasteiger partial charge in [-0.05, 0) is 25.0 Å². The third-order valence-electron chi connectivity index (χ3n) is 6.40. The van der Waals surface area contributed by atoms with Crippen molar-refractivity contribution in [3.8, 4) is 0 Å². The maximum Gasteiger partial charge on any atom is 0.264 e. The molecule has 0 spiro atoms. The summed E-state index contributed by atoms with van der Waals surface area (Å²) in [7, 11) is -2.03. The van der Waals surface area contributed by atoms with Gasteiger partial charge in [-0.2, -0.15) is 4.31 Å². The van der Waals surface area contributed by atoms with Crippen molar-refractivity contribution in [1.82, 2.24) is 29.5 Å². The molecule has 2 fully saturated rings. The molecule has 1 aliphatic heterocycles. The highest BCUT2D eigenvalue weighted by Gasteiger charge is 2.42. The molecule has 1 N–H and O–H groups in total. The standard InChI is InChI=1S/C20H26Cl2N6O3S.ClH/c1-26-13-17(24-25-26)32(30,31)28-11-9-27(10-12-28)20(7-2-3-8-20)14-23-19(29)18-15(21)5-4-6-16(18)22;/h4-6,13H,2-3,7-12,14H2,1H3,(H,23,29);1H. The number of rotatable bonds is 6. The highest BCUT2D eigenvalue weighted by atomic mass is 35.5. The Balaban J connectivity index is 0.00000306. The SMILES string of the molecule is Cl.Cn1cc(S(=O)(=O)N2CCN(C3(CNC(=O)c4c(Cl)cccc4Cl)CCCC3)CC2)nn1. The Bertz CT molecular complexity index is 1080. The third-order valence-corrected chi connectivity index (χ3v) is 8.79. The van der Waals surface area contributed by atoms with Crippen LogP contribution >= 0.6 is 35.6 Å². The van der Waals surface area contributed by atoms with E-state index in [1.54, 1.807) is 25.2 Å². The number of sulfonamides is 1. The molecule has 1 amide bonds. The van der Waals surface area contributed by atoms with Crippen molar-refractivity contribution in [2.45, 2.75) is 36.2 Å². The lowest BCUT2D eigenvalue weighted by Gasteiger charge is -2.45. The number of halogens is 3. The quantitative estimate of drug-likeness (QED) is 0.608. The van der Waals surface area contributed by atoms with Crippen molar-refractivity contribution in [3.05, 3.63) is 40.0 Å². The average Bonchev–Trinajstić information content (AvgIpc) is 3.42. The van der Waals surface area contributed by atoms with Gasteiger partial charge < -0.3 is 5.32 Å². The predicted octanol–water partition coefficient (Wildman–Crippen LogP) is 2.59. The minimum Gasteiger partial charge on any atom is -0.350 e. The van der Waals surface area contributed by atoms with Crippen molar-refractivity contribution in [3.63, 3.8) is 0 Å². The number of aryl methyl sites for hydroxylation is 1. The number of carbonyl (C=O) groups is 1. The van der Waals surface area contributed by atoms with Gasteiger partial charge in [0.25, 0.3) is 15.9 Å². The second kappa shape index (κ2) is 10.5. The topological polar surface area (TPSA) is 100 Å². The third kappa shape index (κ3) is 5.31. The largest absolute Gasteiger partial charge is 0.350 e. The van der Waals surface area contributed by atoms with Gasteiger partial charge in [-0.3, -0.25) is 14.4 Å². The molecule has 9 nitrogen and oxygen atoms in total. The van der Waals surface area contributed by atoms with Gasteiger partial charge in [-0.1, -0.05) is 47.3 Å². The number of aromatic nitrogens is 3. The van der Waals surface area contributed by atoms with Crippen LogP contribution in [0.5, 0.6) is 0 Å². The molecule has 4 rings (SSSR count). The molecule has 182 valence electrons. The van der Waals surface area contributed by atoms with Crippen LogP contribution in [-0.2, 0) is 17.1 Å². The Morgan fingerprint density at radius 3 is 2.27 bits per heavy atom. The molecule has 33 heavy (non-hydrogen) atoms. The van der Waals surface area contributed by atoms with Crippen LogP contribution in [0.1, 0.15) is 36.0 Å². The molecule has 2 aliphatic rings. The zero-order valence-electron chi connectivity index (χ0n) is 18.2. The molecule has 1 aliphatic carbocycles. The van der Waals surface area contributed by atoms with Crippen molar-refractivity contribution >= 4 is 51.5 Å². The van der Waals surface area contributed by atoms with Crippen LogP contribution < -0.4 is 5.32 Å². The van der Waals surface area contributed by atoms with Crippen LogP contribution in [0.3, 0.4) is 0 Å². The number of hydrogen-bond donors (Lipinski definition) is 1. The second-order valence-corrected chi connectivity index (χ2v) is 11.0. The summed E-state index contributed by atoms with van der Waals surface area (Å²) in [6.45, 7) is 2.37. The van der Waals surface area contributed by atoms with Crippen molar-refractivity contribution in [1.29, 1.82) is 0 Å². The summed E-state index contributed by atoms with van der Waals surface area (Å²) < 4.78 is 28.5. The molecule has 0 unspecified atom stereocenters. The summed E-state index contributed by atoms with van der Waals surface area (Å²) in [5, 5.41) is 11.1. The van der Waals surface area contributed by atoms with Gasteiger partial charge in [-0.15, -0.1) is 17.5 Å². The molecule has 2 aromatic rings. The first-order valence-electron chi connectivity index (χ1n) is 10.6. The van der Waals surface area contributed by atoms with Gasteiger partial charge in [0, 0.05) is 45.3 Å². The molecule has 0 bridgehead atoms. The Labute approximate surface area is 209 Å². The summed E-state index contributed by atoms with van der Waals surface area (Å²) in [5.74, 6) is -0.296. The lowest BCUT2D eigenvalue weighted by Crippen LogP contribution is -2.60. The second-order valence-electron chi connectivity index (χ2n) is 8.33. The number of amides is 1. The van der Waals surface area contributed by atoms with Crippen molar-refractivity contribution < 1.29 is 13.2 Å². The highest BCUT2D eigenvalue weighted by molar-refractivity contribution is 7.89. The summed E-state index contributed by atoms with van der Waals surface area (Å²) in [5.41, 5.74) is 0.0788. The van der Waals surface area contributed by atoms with E-state index in [4.69, 9.17) is 23.2 Å². The Morgan fingerprint density at radius 2 is 1.73 bits per heavy atom. The van der Waals surface area contributed by atoms with E-state index < -0.39 is 10.0 Å². The van der Waals surface area contributed by atoms with Crippen LogP contribution in [-0.4, -0.2) is 76.8 Å². The summed E-state index contributed by atoms with van der Waals surface area (Å²) in [6.07, 6.45) is 5.44. The summed E-state index contributed by atoms with van der Waals surface area (Å²) in [4.78, 5) is 15.1. The van der Waals surface area contributed by atoms with Gasteiger partial charge in [-0.25, -0.2) is 8.42 Å². The van der Waals surface area contributed by atoms with Crippen molar-refractivity contribution in [2.24, 2.45) is 7.05 Å². The van der Waals surface area contributed by atoms with Gasteiger partial charge in [0.15, 0.2) is 0 Å². The molecule has 0 atom stereocenters. The minimum atomic E-state index is -3.67. The summed E-state index contributed by atoms with van der Waals surface area (Å²) in [6, 6.07) is 4.99. The van der Waals surface area contributed by atoms with Crippen LogP contribution in [0.25, 0.3) is 0 Å². The Hall–Kier alpha value is -1.43. The molecule has 2 heterocycles. The molecule has 1 aromatic heterocycles. The van der Waals surface area contributed by atoms with Crippen LogP contribution in [0, 0.1) is 0 Å². The van der Waals surface area contributed by atoms with Crippen LogP contribution in [0.4, 0.5) is 0 Å². The Kier molecular flexibility index (Phi) is 8.29. The number of nitrogens with zero attached hydrogens (tertiary/aromatic N) is 5. The molecule has 0 radical (unpaired) electrons. The molecule has 1 aromatic carbocycles. The van der Waals surface area contributed by atoms with E-state index in [1.807, 2.05) is 0 Å². The fraction of sp³-hybridized carbons (Fsp3) is 0.550. The van der Waals surface area contributed by atoms with E-state index in [0.717, 1.165) is 25.7 Å². The smallest absolute Gasteiger partial charge is 0.264 e. The number of hydrogen-bond acceptors (Lipinski definition) is 6. The normalized spacial score (nSPS) is 19.2. The fourth-order valence-corrected chi connectivity index (χ4v) is 6.57. The van der Waals surface area contributed by atoms with Crippen LogP contribution in [0.2, 0.25) is 10.0 Å². The maximum absolute atomic E-state index is 12.9. The zero-order chi connectivity index (χ0) is 22.9. The van der Waals surface area contributed by atoms with E-state index in [9.17, 15) is 13.2 Å². The van der Waals surface area contributed by atoms with E-state index >= 15 is 0 Å². The van der Waals surface area contributed by atoms with E-state index in [1.165, 1.54) is 15.2 Å². The first kappa shape index (κ1) is 26.2. The molecular formula is C20H27Cl3N6O3S. The van der Waals surface area contributed by atoms with Gasteiger partial charge in [0.1, 0.15) is 0 Å². The van der Waals surface area contributed by atoms with E-state index in [-0.39, 0.29) is 34.4 Å². The first-order valence-corrected chi connectivity index (χ1v) is 12.8. The average molecular weight is 538 g/mol. The minimum absolute atomic E-state index is 0. The number of piperazine rings is 1. The van der Waals surface area contributed by atoms with Crippen LogP contribution in [0.15, 0.2) is 29.4 Å². The monoisotopic (exact) mass is 536 g/mol. The zero-order valence-corrected chi connectivity index (χ0v) is 21.4. The van der Waals surface area contributed by atoms with E-state index in [2.05, 4.69) is 20.5 Å². The first-order chi connectivity index (χ1) is 15.2. The number of nitrogens with one attached hydrogen (secondary N) is 1. The molecule has 1 saturated carbocycles. The number of benzene rings is 1. The molecule has 13 heteroatoms. The maximum atomic E-state index is 12.9. The summed E-state index contributed by atoms with van der Waals surface area (Å²) >= 11 is 12.4. The molecular weight excluding hydrogens is 511 g/mol. The van der Waals surface area contributed by atoms with Gasteiger partial charge in [0.2, 0.25) is 5.03 Å².